The van der Waals surface area contributed by atoms with Crippen LogP contribution in [0.5, 0.6) is 0 Å². The predicted octanol–water partition coefficient (Wildman–Crippen LogP) is 0.687. The third-order valence-electron chi connectivity index (χ3n) is 1.90. The second-order valence-corrected chi connectivity index (χ2v) is 2.99. The van der Waals surface area contributed by atoms with Crippen LogP contribution in [0, 0.1) is 5.82 Å². The van der Waals surface area contributed by atoms with Crippen molar-refractivity contribution in [3.05, 3.63) is 36.0 Å². The first-order chi connectivity index (χ1) is 7.59. The zero-order valence-electron chi connectivity index (χ0n) is 7.96. The summed E-state index contributed by atoms with van der Waals surface area (Å²) in [5.74, 6) is -1.98. The molecule has 82 valence electrons. The quantitative estimate of drug-likeness (QED) is 0.779. The summed E-state index contributed by atoms with van der Waals surface area (Å²) < 4.78 is 14.3. The van der Waals surface area contributed by atoms with E-state index in [1.807, 2.05) is 0 Å². The van der Waals surface area contributed by atoms with Crippen LogP contribution in [0.25, 0.3) is 5.82 Å². The Morgan fingerprint density at radius 3 is 2.88 bits per heavy atom. The van der Waals surface area contributed by atoms with Crippen molar-refractivity contribution in [1.82, 2.24) is 14.8 Å². The number of rotatable bonds is 2. The summed E-state index contributed by atoms with van der Waals surface area (Å²) in [6.45, 7) is 0. The lowest BCUT2D eigenvalue weighted by Gasteiger charge is -1.99. The Bertz CT molecular complexity index is 552. The van der Waals surface area contributed by atoms with E-state index in [0.717, 1.165) is 4.68 Å². The third-order valence-corrected chi connectivity index (χ3v) is 1.90. The third kappa shape index (κ3) is 1.58. The molecule has 0 saturated carbocycles. The molecule has 0 aliphatic carbocycles. The minimum atomic E-state index is -1.27. The monoisotopic (exact) mass is 222 g/mol. The molecule has 0 unspecified atom stereocenters. The van der Waals surface area contributed by atoms with E-state index in [0.29, 0.717) is 0 Å². The van der Waals surface area contributed by atoms with E-state index in [4.69, 9.17) is 10.8 Å². The molecule has 2 aromatic rings. The first kappa shape index (κ1) is 10.1. The SMILES string of the molecule is Nc1cn(-c2ncccc2F)nc1C(=O)O. The number of carbonyl (C=O) groups is 1. The minimum absolute atomic E-state index is 0.0439. The maximum absolute atomic E-state index is 13.3. The van der Waals surface area contributed by atoms with Gasteiger partial charge >= 0.3 is 5.97 Å². The maximum atomic E-state index is 13.3. The molecule has 2 heterocycles. The number of aromatic carboxylic acids is 1. The molecule has 0 aromatic carbocycles. The summed E-state index contributed by atoms with van der Waals surface area (Å²) >= 11 is 0. The van der Waals surface area contributed by atoms with Crippen LogP contribution in [0.2, 0.25) is 0 Å². The summed E-state index contributed by atoms with van der Waals surface area (Å²) in [5.41, 5.74) is 5.04. The van der Waals surface area contributed by atoms with E-state index in [-0.39, 0.29) is 17.2 Å². The molecular formula is C9H7FN4O2. The Labute approximate surface area is 89.1 Å². The molecule has 7 heteroatoms. The van der Waals surface area contributed by atoms with Crippen molar-refractivity contribution < 1.29 is 14.3 Å². The number of hydrogen-bond donors (Lipinski definition) is 2. The molecule has 6 nitrogen and oxygen atoms in total. The van der Waals surface area contributed by atoms with Crippen molar-refractivity contribution >= 4 is 11.7 Å². The normalized spacial score (nSPS) is 10.3. The zero-order chi connectivity index (χ0) is 11.7. The van der Waals surface area contributed by atoms with Gasteiger partial charge in [0.1, 0.15) is 0 Å². The molecule has 0 radical (unpaired) electrons. The van der Waals surface area contributed by atoms with E-state index in [1.165, 1.54) is 24.5 Å². The molecule has 0 saturated heterocycles. The Hall–Kier alpha value is -2.44. The molecule has 2 aromatic heterocycles. The number of aromatic nitrogens is 3. The number of carboxylic acids is 1. The van der Waals surface area contributed by atoms with Gasteiger partial charge in [0.25, 0.3) is 0 Å². The Balaban J connectivity index is 2.54. The second kappa shape index (κ2) is 3.61. The topological polar surface area (TPSA) is 94.0 Å². The summed E-state index contributed by atoms with van der Waals surface area (Å²) in [5, 5.41) is 12.4. The van der Waals surface area contributed by atoms with Gasteiger partial charge in [-0.3, -0.25) is 0 Å². The molecule has 0 aliphatic heterocycles. The van der Waals surface area contributed by atoms with Crippen LogP contribution in [-0.2, 0) is 0 Å². The van der Waals surface area contributed by atoms with Crippen LogP contribution in [0.15, 0.2) is 24.5 Å². The average molecular weight is 222 g/mol. The van der Waals surface area contributed by atoms with E-state index in [2.05, 4.69) is 10.1 Å². The van der Waals surface area contributed by atoms with Crippen LogP contribution in [-0.4, -0.2) is 25.8 Å². The highest BCUT2D eigenvalue weighted by Gasteiger charge is 2.15. The van der Waals surface area contributed by atoms with Crippen LogP contribution in [0.1, 0.15) is 10.5 Å². The fraction of sp³-hybridized carbons (Fsp3) is 0. The first-order valence-electron chi connectivity index (χ1n) is 4.29. The number of anilines is 1. The lowest BCUT2D eigenvalue weighted by molar-refractivity contribution is 0.0691. The van der Waals surface area contributed by atoms with Gasteiger partial charge in [-0.2, -0.15) is 5.10 Å². The summed E-state index contributed by atoms with van der Waals surface area (Å²) in [4.78, 5) is 14.4. The van der Waals surface area contributed by atoms with Gasteiger partial charge in [-0.25, -0.2) is 18.9 Å². The van der Waals surface area contributed by atoms with Crippen molar-refractivity contribution in [1.29, 1.82) is 0 Å². The van der Waals surface area contributed by atoms with Crippen LogP contribution >= 0.6 is 0 Å². The van der Waals surface area contributed by atoms with Crippen molar-refractivity contribution in [2.24, 2.45) is 0 Å². The van der Waals surface area contributed by atoms with E-state index in [9.17, 15) is 9.18 Å². The fourth-order valence-electron chi connectivity index (χ4n) is 1.21. The Morgan fingerprint density at radius 2 is 2.31 bits per heavy atom. The number of halogens is 1. The summed E-state index contributed by atoms with van der Waals surface area (Å²) in [6.07, 6.45) is 2.57. The van der Waals surface area contributed by atoms with Gasteiger partial charge in [-0.15, -0.1) is 0 Å². The molecule has 0 aliphatic rings. The molecule has 3 N–H and O–H groups in total. The van der Waals surface area contributed by atoms with Crippen molar-refractivity contribution in [3.8, 4) is 5.82 Å². The van der Waals surface area contributed by atoms with E-state index in [1.54, 1.807) is 0 Å². The van der Waals surface area contributed by atoms with Gasteiger partial charge in [-0.1, -0.05) is 0 Å². The molecular weight excluding hydrogens is 215 g/mol. The number of nitrogen functional groups attached to an aromatic ring is 1. The van der Waals surface area contributed by atoms with Gasteiger partial charge < -0.3 is 10.8 Å². The zero-order valence-corrected chi connectivity index (χ0v) is 7.96. The largest absolute Gasteiger partial charge is 0.476 e. The van der Waals surface area contributed by atoms with Gasteiger partial charge in [0.05, 0.1) is 11.9 Å². The summed E-state index contributed by atoms with van der Waals surface area (Å²) in [7, 11) is 0. The molecule has 2 rings (SSSR count). The molecule has 0 bridgehead atoms. The maximum Gasteiger partial charge on any atom is 0.358 e. The van der Waals surface area contributed by atoms with Crippen molar-refractivity contribution in [2.75, 3.05) is 5.73 Å². The first-order valence-corrected chi connectivity index (χ1v) is 4.29. The highest BCUT2D eigenvalue weighted by Crippen LogP contribution is 2.14. The second-order valence-electron chi connectivity index (χ2n) is 2.99. The van der Waals surface area contributed by atoms with Crippen LogP contribution in [0.3, 0.4) is 0 Å². The summed E-state index contributed by atoms with van der Waals surface area (Å²) in [6, 6.07) is 2.62. The average Bonchev–Trinajstić information content (AvgIpc) is 2.61. The van der Waals surface area contributed by atoms with Gasteiger partial charge in [-0.05, 0) is 12.1 Å². The fourth-order valence-corrected chi connectivity index (χ4v) is 1.21. The van der Waals surface area contributed by atoms with Crippen LogP contribution < -0.4 is 5.73 Å². The van der Waals surface area contributed by atoms with E-state index < -0.39 is 11.8 Å². The van der Waals surface area contributed by atoms with E-state index >= 15 is 0 Å². The van der Waals surface area contributed by atoms with Gasteiger partial charge in [0.2, 0.25) is 0 Å². The molecule has 0 amide bonds. The van der Waals surface area contributed by atoms with Crippen molar-refractivity contribution in [2.45, 2.75) is 0 Å². The van der Waals surface area contributed by atoms with Crippen LogP contribution in [0.4, 0.5) is 10.1 Å². The predicted molar refractivity (Wildman–Crippen MR) is 52.7 cm³/mol. The van der Waals surface area contributed by atoms with Gasteiger partial charge in [0, 0.05) is 6.20 Å². The van der Waals surface area contributed by atoms with Gasteiger partial charge in [0.15, 0.2) is 17.3 Å². The molecule has 0 spiro atoms. The minimum Gasteiger partial charge on any atom is -0.476 e. The number of carboxylic acid groups (broad SMARTS) is 1. The Kier molecular flexibility index (Phi) is 2.28. The lowest BCUT2D eigenvalue weighted by atomic mass is 10.4. The number of pyridine rings is 1. The molecule has 0 fully saturated rings. The molecule has 16 heavy (non-hydrogen) atoms. The number of nitrogens with two attached hydrogens (primary N) is 1. The lowest BCUT2D eigenvalue weighted by Crippen LogP contribution is -2.04. The molecule has 0 atom stereocenters. The highest BCUT2D eigenvalue weighted by atomic mass is 19.1. The smallest absolute Gasteiger partial charge is 0.358 e. The Morgan fingerprint density at radius 1 is 1.56 bits per heavy atom. The number of hydrogen-bond acceptors (Lipinski definition) is 4. The standard InChI is InChI=1S/C9H7FN4O2/c10-5-2-1-3-12-8(5)14-4-6(11)7(13-14)9(15)16/h1-4H,11H2,(H,15,16). The highest BCUT2D eigenvalue weighted by molar-refractivity contribution is 5.91. The van der Waals surface area contributed by atoms with Crippen molar-refractivity contribution in [3.63, 3.8) is 0 Å². The number of nitrogens with zero attached hydrogens (tertiary/aromatic N) is 3.